The predicted molar refractivity (Wildman–Crippen MR) is 130 cm³/mol. The fourth-order valence-corrected chi connectivity index (χ4v) is 5.57. The van der Waals surface area contributed by atoms with Crippen LogP contribution in [0, 0.1) is 29.0 Å². The Kier molecular flexibility index (Phi) is 5.72. The van der Waals surface area contributed by atoms with Gasteiger partial charge < -0.3 is 14.5 Å². The van der Waals surface area contributed by atoms with Gasteiger partial charge in [0.05, 0.1) is 29.3 Å². The highest BCUT2D eigenvalue weighted by atomic mass is 19.1. The van der Waals surface area contributed by atoms with E-state index in [0.717, 1.165) is 54.7 Å². The molecule has 1 aromatic carbocycles. The van der Waals surface area contributed by atoms with Gasteiger partial charge in [0.1, 0.15) is 17.7 Å². The summed E-state index contributed by atoms with van der Waals surface area (Å²) in [7, 11) is 0. The minimum Gasteiger partial charge on any atom is -0.378 e. The number of nitriles is 1. The van der Waals surface area contributed by atoms with Crippen molar-refractivity contribution in [3.63, 3.8) is 0 Å². The SMILES string of the molecule is CCOC1CC1C(=O)N1CCN(c2nc(C3CC3)c(-c3ccc(F)cc3)cc2C#N)CC1C1CC1. The molecule has 4 fully saturated rings. The number of piperazine rings is 1. The number of hydrogen-bond donors (Lipinski definition) is 0. The van der Waals surface area contributed by atoms with Crippen LogP contribution in [0.15, 0.2) is 30.3 Å². The number of rotatable bonds is 7. The van der Waals surface area contributed by atoms with Crippen LogP contribution in [0.3, 0.4) is 0 Å². The maximum Gasteiger partial charge on any atom is 0.228 e. The minimum atomic E-state index is -0.274. The highest BCUT2D eigenvalue weighted by Gasteiger charge is 2.50. The van der Waals surface area contributed by atoms with Crippen molar-refractivity contribution >= 4 is 11.7 Å². The van der Waals surface area contributed by atoms with Crippen molar-refractivity contribution in [3.05, 3.63) is 47.4 Å². The second-order valence-electron chi connectivity index (χ2n) is 10.4. The lowest BCUT2D eigenvalue weighted by Crippen LogP contribution is -2.57. The van der Waals surface area contributed by atoms with Crippen LogP contribution in [0.4, 0.5) is 10.2 Å². The van der Waals surface area contributed by atoms with Crippen molar-refractivity contribution < 1.29 is 13.9 Å². The van der Waals surface area contributed by atoms with Crippen molar-refractivity contribution in [3.8, 4) is 17.2 Å². The molecule has 0 bridgehead atoms. The molecule has 1 aliphatic heterocycles. The third-order valence-electron chi connectivity index (χ3n) is 7.87. The second-order valence-corrected chi connectivity index (χ2v) is 10.4. The van der Waals surface area contributed by atoms with Crippen molar-refractivity contribution in [1.82, 2.24) is 9.88 Å². The molecule has 6 nitrogen and oxygen atoms in total. The molecule has 3 unspecified atom stereocenters. The number of aromatic nitrogens is 1. The Morgan fingerprint density at radius 3 is 2.63 bits per heavy atom. The fourth-order valence-electron chi connectivity index (χ4n) is 5.57. The van der Waals surface area contributed by atoms with Crippen molar-refractivity contribution in [2.24, 2.45) is 11.8 Å². The molecule has 2 heterocycles. The molecule has 1 amide bonds. The summed E-state index contributed by atoms with van der Waals surface area (Å²) < 4.78 is 19.2. The van der Waals surface area contributed by atoms with Crippen molar-refractivity contribution in [2.75, 3.05) is 31.1 Å². The summed E-state index contributed by atoms with van der Waals surface area (Å²) in [5, 5.41) is 10.0. The average Bonchev–Trinajstić information content (AvgIpc) is 3.73. The summed E-state index contributed by atoms with van der Waals surface area (Å²) in [6.45, 7) is 4.66. The van der Waals surface area contributed by atoms with Gasteiger partial charge in [-0.1, -0.05) is 12.1 Å². The predicted octanol–water partition coefficient (Wildman–Crippen LogP) is 4.49. The molecule has 6 rings (SSSR count). The van der Waals surface area contributed by atoms with Gasteiger partial charge in [0.2, 0.25) is 5.91 Å². The molecule has 3 aliphatic carbocycles. The van der Waals surface area contributed by atoms with Crippen LogP contribution in [0.5, 0.6) is 0 Å². The molecular weight excluding hydrogens is 443 g/mol. The Labute approximate surface area is 205 Å². The molecule has 35 heavy (non-hydrogen) atoms. The number of hydrogen-bond acceptors (Lipinski definition) is 5. The molecule has 3 atom stereocenters. The van der Waals surface area contributed by atoms with E-state index in [0.29, 0.717) is 43.6 Å². The summed E-state index contributed by atoms with van der Waals surface area (Å²) >= 11 is 0. The molecule has 7 heteroatoms. The number of ether oxygens (including phenoxy) is 1. The second kappa shape index (κ2) is 8.91. The zero-order valence-electron chi connectivity index (χ0n) is 20.1. The Morgan fingerprint density at radius 1 is 1.20 bits per heavy atom. The first-order chi connectivity index (χ1) is 17.1. The summed E-state index contributed by atoms with van der Waals surface area (Å²) in [6, 6.07) is 10.9. The normalized spacial score (nSPS) is 25.9. The highest BCUT2D eigenvalue weighted by Crippen LogP contribution is 2.46. The van der Waals surface area contributed by atoms with Gasteiger partial charge in [-0.3, -0.25) is 4.79 Å². The molecule has 182 valence electrons. The van der Waals surface area contributed by atoms with Crippen molar-refractivity contribution in [2.45, 2.75) is 57.1 Å². The lowest BCUT2D eigenvalue weighted by molar-refractivity contribution is -0.136. The van der Waals surface area contributed by atoms with E-state index in [1.165, 1.54) is 12.1 Å². The Balaban J connectivity index is 1.28. The summed E-state index contributed by atoms with van der Waals surface area (Å²) in [5.74, 6) is 1.61. The first-order valence-electron chi connectivity index (χ1n) is 12.9. The van der Waals surface area contributed by atoms with Gasteiger partial charge in [-0.05, 0) is 68.7 Å². The average molecular weight is 475 g/mol. The summed E-state index contributed by atoms with van der Waals surface area (Å²) in [6.07, 6.45) is 5.38. The number of amides is 1. The molecule has 0 radical (unpaired) electrons. The van der Waals surface area contributed by atoms with E-state index in [-0.39, 0.29) is 29.8 Å². The molecule has 1 saturated heterocycles. The molecule has 0 spiro atoms. The number of halogens is 1. The summed E-state index contributed by atoms with van der Waals surface area (Å²) in [5.41, 5.74) is 3.37. The van der Waals surface area contributed by atoms with E-state index in [4.69, 9.17) is 9.72 Å². The van der Waals surface area contributed by atoms with E-state index >= 15 is 0 Å². The van der Waals surface area contributed by atoms with Crippen LogP contribution in [-0.2, 0) is 9.53 Å². The van der Waals surface area contributed by atoms with E-state index in [1.807, 2.05) is 13.0 Å². The Bertz CT molecular complexity index is 1170. The van der Waals surface area contributed by atoms with Gasteiger partial charge in [0.15, 0.2) is 0 Å². The van der Waals surface area contributed by atoms with Crippen molar-refractivity contribution in [1.29, 1.82) is 5.26 Å². The molecule has 1 aromatic heterocycles. The zero-order valence-corrected chi connectivity index (χ0v) is 20.1. The zero-order chi connectivity index (χ0) is 24.1. The lowest BCUT2D eigenvalue weighted by atomic mass is 9.98. The quantitative estimate of drug-likeness (QED) is 0.592. The maximum atomic E-state index is 13.5. The topological polar surface area (TPSA) is 69.5 Å². The highest BCUT2D eigenvalue weighted by molar-refractivity contribution is 5.83. The Hall–Kier alpha value is -2.98. The smallest absolute Gasteiger partial charge is 0.228 e. The van der Waals surface area contributed by atoms with Crippen LogP contribution < -0.4 is 4.90 Å². The maximum absolute atomic E-state index is 13.5. The van der Waals surface area contributed by atoms with Crippen LogP contribution in [0.2, 0.25) is 0 Å². The first-order valence-corrected chi connectivity index (χ1v) is 12.9. The van der Waals surface area contributed by atoms with Gasteiger partial charge >= 0.3 is 0 Å². The summed E-state index contributed by atoms with van der Waals surface area (Å²) in [4.78, 5) is 22.7. The standard InChI is InChI=1S/C28H31FN4O2/c1-2-35-25-14-23(25)28(34)33-12-11-32(16-24(33)18-3-4-18)27-20(15-30)13-22(26(31-27)19-5-6-19)17-7-9-21(29)10-8-17/h7-10,13,18-19,23-25H,2-6,11-12,14,16H2,1H3. The third-order valence-corrected chi connectivity index (χ3v) is 7.87. The molecule has 3 saturated carbocycles. The monoisotopic (exact) mass is 474 g/mol. The first kappa shape index (κ1) is 22.5. The van der Waals surface area contributed by atoms with E-state index in [1.54, 1.807) is 12.1 Å². The van der Waals surface area contributed by atoms with Gasteiger partial charge in [-0.2, -0.15) is 5.26 Å². The van der Waals surface area contributed by atoms with E-state index in [2.05, 4.69) is 15.9 Å². The van der Waals surface area contributed by atoms with E-state index < -0.39 is 0 Å². The number of carbonyl (C=O) groups excluding carboxylic acids is 1. The number of carbonyl (C=O) groups is 1. The van der Waals surface area contributed by atoms with Crippen LogP contribution >= 0.6 is 0 Å². The number of anilines is 1. The molecule has 4 aliphatic rings. The van der Waals surface area contributed by atoms with Crippen LogP contribution in [-0.4, -0.2) is 54.2 Å². The molecular formula is C28H31FN4O2. The third kappa shape index (κ3) is 4.40. The van der Waals surface area contributed by atoms with Gasteiger partial charge in [0.25, 0.3) is 0 Å². The fraction of sp³-hybridized carbons (Fsp3) is 0.536. The molecule has 0 N–H and O–H groups in total. The van der Waals surface area contributed by atoms with Crippen LogP contribution in [0.1, 0.15) is 56.2 Å². The number of nitrogens with zero attached hydrogens (tertiary/aromatic N) is 4. The van der Waals surface area contributed by atoms with Gasteiger partial charge in [-0.25, -0.2) is 9.37 Å². The molecule has 2 aromatic rings. The van der Waals surface area contributed by atoms with Gasteiger partial charge in [-0.15, -0.1) is 0 Å². The number of benzene rings is 1. The van der Waals surface area contributed by atoms with Gasteiger partial charge in [0, 0.05) is 37.7 Å². The number of pyridine rings is 1. The largest absolute Gasteiger partial charge is 0.378 e. The Morgan fingerprint density at radius 2 is 1.97 bits per heavy atom. The van der Waals surface area contributed by atoms with E-state index in [9.17, 15) is 14.4 Å². The lowest BCUT2D eigenvalue weighted by Gasteiger charge is -2.43. The minimum absolute atomic E-state index is 0.00649. The van der Waals surface area contributed by atoms with Crippen LogP contribution in [0.25, 0.3) is 11.1 Å².